The van der Waals surface area contributed by atoms with Crippen molar-refractivity contribution >= 4 is 11.8 Å². The molecule has 0 saturated carbocycles. The van der Waals surface area contributed by atoms with Gasteiger partial charge in [0.2, 0.25) is 0 Å². The SMILES string of the molecule is C=Cc1ccccc1NCCC(C)C.CC.CC. The predicted octanol–water partition coefficient (Wildman–Crippen LogP) is 5.84. The van der Waals surface area contributed by atoms with E-state index in [-0.39, 0.29) is 0 Å². The van der Waals surface area contributed by atoms with E-state index >= 15 is 0 Å². The van der Waals surface area contributed by atoms with Crippen LogP contribution in [-0.4, -0.2) is 6.54 Å². The Labute approximate surface area is 114 Å². The summed E-state index contributed by atoms with van der Waals surface area (Å²) in [5.41, 5.74) is 2.36. The Balaban J connectivity index is 0. The van der Waals surface area contributed by atoms with Crippen LogP contribution in [0.2, 0.25) is 0 Å². The van der Waals surface area contributed by atoms with Gasteiger partial charge in [0.1, 0.15) is 0 Å². The van der Waals surface area contributed by atoms with E-state index in [4.69, 9.17) is 0 Å². The number of nitrogens with one attached hydrogen (secondary N) is 1. The van der Waals surface area contributed by atoms with Gasteiger partial charge in [-0.25, -0.2) is 0 Å². The highest BCUT2D eigenvalue weighted by Crippen LogP contribution is 2.16. The van der Waals surface area contributed by atoms with Gasteiger partial charge in [0.05, 0.1) is 0 Å². The zero-order valence-corrected chi connectivity index (χ0v) is 13.1. The van der Waals surface area contributed by atoms with Gasteiger partial charge in [0, 0.05) is 12.2 Å². The molecule has 0 unspecified atom stereocenters. The molecule has 1 aromatic carbocycles. The second kappa shape index (κ2) is 13.8. The van der Waals surface area contributed by atoms with Gasteiger partial charge in [-0.1, -0.05) is 72.4 Å². The summed E-state index contributed by atoms with van der Waals surface area (Å²) in [4.78, 5) is 0. The van der Waals surface area contributed by atoms with Crippen LogP contribution in [0.4, 0.5) is 5.69 Å². The van der Waals surface area contributed by atoms with E-state index in [0.29, 0.717) is 0 Å². The standard InChI is InChI=1S/C13H19N.2C2H6/c1-4-12-7-5-6-8-13(12)14-10-9-11(2)3;2*1-2/h4-8,11,14H,1,9-10H2,2-3H3;2*1-2H3. The van der Waals surface area contributed by atoms with Crippen molar-refractivity contribution in [2.75, 3.05) is 11.9 Å². The van der Waals surface area contributed by atoms with E-state index in [1.54, 1.807) is 0 Å². The smallest absolute Gasteiger partial charge is 0.0413 e. The van der Waals surface area contributed by atoms with E-state index in [1.165, 1.54) is 17.7 Å². The average Bonchev–Trinajstić information content (AvgIpc) is 2.43. The first-order valence-electron chi connectivity index (χ1n) is 7.19. The molecule has 0 aromatic heterocycles. The molecule has 0 saturated heterocycles. The lowest BCUT2D eigenvalue weighted by atomic mass is 10.1. The lowest BCUT2D eigenvalue weighted by Crippen LogP contribution is -2.05. The van der Waals surface area contributed by atoms with E-state index < -0.39 is 0 Å². The Morgan fingerprint density at radius 1 is 1.11 bits per heavy atom. The lowest BCUT2D eigenvalue weighted by Gasteiger charge is -2.10. The summed E-state index contributed by atoms with van der Waals surface area (Å²) in [6, 6.07) is 8.25. The molecule has 0 aliphatic heterocycles. The van der Waals surface area contributed by atoms with Crippen LogP contribution in [0, 0.1) is 5.92 Å². The molecule has 1 rings (SSSR count). The van der Waals surface area contributed by atoms with Crippen molar-refractivity contribution in [2.24, 2.45) is 5.92 Å². The molecule has 0 aliphatic rings. The number of anilines is 1. The summed E-state index contributed by atoms with van der Waals surface area (Å²) in [5.74, 6) is 0.749. The molecule has 0 fully saturated rings. The van der Waals surface area contributed by atoms with Crippen LogP contribution in [-0.2, 0) is 0 Å². The second-order valence-corrected chi connectivity index (χ2v) is 3.90. The van der Waals surface area contributed by atoms with Crippen LogP contribution >= 0.6 is 0 Å². The normalized spacial score (nSPS) is 8.61. The summed E-state index contributed by atoms with van der Waals surface area (Å²) < 4.78 is 0. The lowest BCUT2D eigenvalue weighted by molar-refractivity contribution is 0.607. The maximum Gasteiger partial charge on any atom is 0.0413 e. The van der Waals surface area contributed by atoms with Gasteiger partial charge in [-0.05, 0) is 24.0 Å². The van der Waals surface area contributed by atoms with Crippen LogP contribution in [0.1, 0.15) is 53.5 Å². The van der Waals surface area contributed by atoms with Crippen LogP contribution in [0.3, 0.4) is 0 Å². The summed E-state index contributed by atoms with van der Waals surface area (Å²) in [6.07, 6.45) is 3.09. The largest absolute Gasteiger partial charge is 0.385 e. The van der Waals surface area contributed by atoms with E-state index in [1.807, 2.05) is 45.9 Å². The quantitative estimate of drug-likeness (QED) is 0.691. The molecule has 0 radical (unpaired) electrons. The van der Waals surface area contributed by atoms with Crippen molar-refractivity contribution in [2.45, 2.75) is 48.0 Å². The maximum absolute atomic E-state index is 3.79. The molecule has 18 heavy (non-hydrogen) atoms. The monoisotopic (exact) mass is 249 g/mol. The minimum absolute atomic E-state index is 0.749. The van der Waals surface area contributed by atoms with Crippen LogP contribution < -0.4 is 5.32 Å². The molecule has 1 aromatic rings. The third-order valence-corrected chi connectivity index (χ3v) is 2.22. The van der Waals surface area contributed by atoms with Crippen LogP contribution in [0.15, 0.2) is 30.8 Å². The summed E-state index contributed by atoms with van der Waals surface area (Å²) in [6.45, 7) is 17.3. The molecule has 1 heteroatoms. The third-order valence-electron chi connectivity index (χ3n) is 2.22. The van der Waals surface area contributed by atoms with Gasteiger partial charge in [-0.15, -0.1) is 0 Å². The molecule has 1 nitrogen and oxygen atoms in total. The molecular formula is C17H31N. The molecular weight excluding hydrogens is 218 g/mol. The van der Waals surface area contributed by atoms with Gasteiger partial charge in [-0.3, -0.25) is 0 Å². The molecule has 0 aliphatic carbocycles. The highest BCUT2D eigenvalue weighted by molar-refractivity contribution is 5.65. The van der Waals surface area contributed by atoms with Crippen molar-refractivity contribution in [1.82, 2.24) is 0 Å². The van der Waals surface area contributed by atoms with Gasteiger partial charge >= 0.3 is 0 Å². The number of hydrogen-bond donors (Lipinski definition) is 1. The van der Waals surface area contributed by atoms with Crippen molar-refractivity contribution in [3.05, 3.63) is 36.4 Å². The van der Waals surface area contributed by atoms with Gasteiger partial charge < -0.3 is 5.32 Å². The molecule has 0 spiro atoms. The first kappa shape index (κ1) is 19.1. The second-order valence-electron chi connectivity index (χ2n) is 3.90. The van der Waals surface area contributed by atoms with Crippen molar-refractivity contribution in [3.8, 4) is 0 Å². The summed E-state index contributed by atoms with van der Waals surface area (Å²) >= 11 is 0. The highest BCUT2D eigenvalue weighted by Gasteiger charge is 1.97. The zero-order valence-electron chi connectivity index (χ0n) is 13.1. The molecule has 1 N–H and O–H groups in total. The molecule has 0 amide bonds. The van der Waals surface area contributed by atoms with E-state index in [0.717, 1.165) is 12.5 Å². The van der Waals surface area contributed by atoms with Gasteiger partial charge in [0.15, 0.2) is 0 Å². The Morgan fingerprint density at radius 3 is 2.17 bits per heavy atom. The van der Waals surface area contributed by atoms with Gasteiger partial charge in [-0.2, -0.15) is 0 Å². The molecule has 104 valence electrons. The summed E-state index contributed by atoms with van der Waals surface area (Å²) in [7, 11) is 0. The Kier molecular flexibility index (Phi) is 14.7. The van der Waals surface area contributed by atoms with Crippen molar-refractivity contribution in [1.29, 1.82) is 0 Å². The minimum Gasteiger partial charge on any atom is -0.385 e. The maximum atomic E-state index is 3.79. The third kappa shape index (κ3) is 8.86. The Bertz CT molecular complexity index is 289. The number of benzene rings is 1. The Hall–Kier alpha value is -1.24. The number of rotatable bonds is 5. The molecule has 0 heterocycles. The Morgan fingerprint density at radius 2 is 1.67 bits per heavy atom. The first-order valence-corrected chi connectivity index (χ1v) is 7.19. The molecule has 0 atom stereocenters. The average molecular weight is 249 g/mol. The predicted molar refractivity (Wildman–Crippen MR) is 87.2 cm³/mol. The van der Waals surface area contributed by atoms with E-state index in [2.05, 4.69) is 37.9 Å². The molecule has 0 bridgehead atoms. The minimum atomic E-state index is 0.749. The zero-order chi connectivity index (χ0) is 14.4. The summed E-state index contributed by atoms with van der Waals surface area (Å²) in [5, 5.41) is 3.42. The van der Waals surface area contributed by atoms with Crippen LogP contribution in [0.25, 0.3) is 6.08 Å². The van der Waals surface area contributed by atoms with E-state index in [9.17, 15) is 0 Å². The highest BCUT2D eigenvalue weighted by atomic mass is 14.9. The van der Waals surface area contributed by atoms with Gasteiger partial charge in [0.25, 0.3) is 0 Å². The fraction of sp³-hybridized carbons (Fsp3) is 0.529. The van der Waals surface area contributed by atoms with Crippen molar-refractivity contribution in [3.63, 3.8) is 0 Å². The fourth-order valence-electron chi connectivity index (χ4n) is 1.33. The number of para-hydroxylation sites is 1. The number of hydrogen-bond acceptors (Lipinski definition) is 1. The fourth-order valence-corrected chi connectivity index (χ4v) is 1.33. The topological polar surface area (TPSA) is 12.0 Å². The first-order chi connectivity index (χ1) is 8.74. The van der Waals surface area contributed by atoms with Crippen molar-refractivity contribution < 1.29 is 0 Å². The van der Waals surface area contributed by atoms with Crippen LogP contribution in [0.5, 0.6) is 0 Å².